The normalized spacial score (nSPS) is 17.7. The van der Waals surface area contributed by atoms with Gasteiger partial charge in [-0.2, -0.15) is 0 Å². The predicted octanol–water partition coefficient (Wildman–Crippen LogP) is 2.49. The number of amides is 2. The maximum absolute atomic E-state index is 12.8. The van der Waals surface area contributed by atoms with E-state index in [0.29, 0.717) is 11.3 Å². The van der Waals surface area contributed by atoms with Crippen LogP contribution in [-0.4, -0.2) is 57.9 Å². The summed E-state index contributed by atoms with van der Waals surface area (Å²) < 4.78 is 13.6. The van der Waals surface area contributed by atoms with Crippen LogP contribution in [0.25, 0.3) is 0 Å². The van der Waals surface area contributed by atoms with E-state index in [0.717, 1.165) is 11.8 Å². The molecule has 1 N–H and O–H groups in total. The molecule has 174 valence electrons. The number of para-hydroxylation sites is 1. The Hall–Kier alpha value is -2.49. The van der Waals surface area contributed by atoms with Gasteiger partial charge in [-0.25, -0.2) is 4.79 Å². The number of hydrogen-bond donors (Lipinski definition) is 1. The SMILES string of the molecule is CC(=O)OC1C(NC(=O)COc2ccccc2)C(=O)N1C(C(=O)OCC(Cl)(Cl)Cl)=C(C)C. The summed E-state index contributed by atoms with van der Waals surface area (Å²) in [4.78, 5) is 50.1. The van der Waals surface area contributed by atoms with E-state index in [-0.39, 0.29) is 12.3 Å². The van der Waals surface area contributed by atoms with Crippen molar-refractivity contribution in [2.75, 3.05) is 13.2 Å². The van der Waals surface area contributed by atoms with Gasteiger partial charge in [0.05, 0.1) is 0 Å². The van der Waals surface area contributed by atoms with E-state index in [2.05, 4.69) is 5.32 Å². The summed E-state index contributed by atoms with van der Waals surface area (Å²) in [5, 5.41) is 2.44. The molecule has 9 nitrogen and oxygen atoms in total. The summed E-state index contributed by atoms with van der Waals surface area (Å²) in [7, 11) is 0. The van der Waals surface area contributed by atoms with Crippen molar-refractivity contribution in [2.24, 2.45) is 0 Å². The second-order valence-corrected chi connectivity index (χ2v) is 9.41. The maximum Gasteiger partial charge on any atom is 0.355 e. The largest absolute Gasteiger partial charge is 0.484 e. The van der Waals surface area contributed by atoms with Crippen LogP contribution in [0.2, 0.25) is 0 Å². The van der Waals surface area contributed by atoms with Gasteiger partial charge in [-0.05, 0) is 31.6 Å². The Labute approximate surface area is 199 Å². The van der Waals surface area contributed by atoms with E-state index in [1.165, 1.54) is 0 Å². The summed E-state index contributed by atoms with van der Waals surface area (Å²) in [5.41, 5.74) is 0.184. The van der Waals surface area contributed by atoms with Crippen molar-refractivity contribution in [1.29, 1.82) is 0 Å². The third-order valence-corrected chi connectivity index (χ3v) is 4.36. The van der Waals surface area contributed by atoms with Crippen LogP contribution in [0.3, 0.4) is 0 Å². The fourth-order valence-electron chi connectivity index (χ4n) is 2.77. The number of alkyl halides is 3. The van der Waals surface area contributed by atoms with Crippen LogP contribution in [0.15, 0.2) is 41.6 Å². The van der Waals surface area contributed by atoms with E-state index in [9.17, 15) is 19.2 Å². The molecule has 0 saturated carbocycles. The van der Waals surface area contributed by atoms with Gasteiger partial charge in [-0.15, -0.1) is 0 Å². The molecule has 1 aliphatic heterocycles. The number of nitrogens with one attached hydrogen (secondary N) is 1. The maximum atomic E-state index is 12.8. The van der Waals surface area contributed by atoms with Gasteiger partial charge in [-0.1, -0.05) is 53.0 Å². The van der Waals surface area contributed by atoms with E-state index in [4.69, 9.17) is 49.0 Å². The second kappa shape index (κ2) is 10.9. The summed E-state index contributed by atoms with van der Waals surface area (Å²) in [6.07, 6.45) is -1.27. The van der Waals surface area contributed by atoms with Crippen molar-refractivity contribution in [1.82, 2.24) is 10.2 Å². The van der Waals surface area contributed by atoms with Crippen molar-refractivity contribution >= 4 is 58.6 Å². The van der Waals surface area contributed by atoms with E-state index < -0.39 is 46.4 Å². The van der Waals surface area contributed by atoms with E-state index in [1.54, 1.807) is 44.2 Å². The Bertz CT molecular complexity index is 912. The molecule has 0 bridgehead atoms. The first-order valence-corrected chi connectivity index (χ1v) is 10.4. The molecule has 0 aliphatic carbocycles. The number of ether oxygens (including phenoxy) is 3. The molecule has 0 spiro atoms. The number of carbonyl (C=O) groups is 4. The standard InChI is InChI=1S/C20H21Cl3N2O7/c1-11(2)16(19(29)31-10-20(21,22)23)25-17(28)15(18(25)32-12(3)26)24-14(27)9-30-13-7-5-4-6-8-13/h4-8,15,18H,9-10H2,1-3H3,(H,24,27). The van der Waals surface area contributed by atoms with Gasteiger partial charge in [-0.3, -0.25) is 19.3 Å². The molecule has 2 atom stereocenters. The average molecular weight is 508 g/mol. The zero-order chi connectivity index (χ0) is 24.1. The third kappa shape index (κ3) is 7.01. The number of carbonyl (C=O) groups excluding carboxylic acids is 4. The highest BCUT2D eigenvalue weighted by Crippen LogP contribution is 2.31. The van der Waals surface area contributed by atoms with Crippen LogP contribution >= 0.6 is 34.8 Å². The molecule has 2 rings (SSSR count). The average Bonchev–Trinajstić information content (AvgIpc) is 2.71. The van der Waals surface area contributed by atoms with Crippen LogP contribution in [0.4, 0.5) is 0 Å². The number of allylic oxidation sites excluding steroid dienone is 1. The lowest BCUT2D eigenvalue weighted by Gasteiger charge is -2.46. The molecule has 1 aliphatic rings. The highest BCUT2D eigenvalue weighted by Gasteiger charge is 2.54. The Kier molecular flexibility index (Phi) is 8.77. The van der Waals surface area contributed by atoms with Gasteiger partial charge >= 0.3 is 11.9 Å². The highest BCUT2D eigenvalue weighted by molar-refractivity contribution is 6.67. The van der Waals surface area contributed by atoms with Gasteiger partial charge in [0.15, 0.2) is 12.6 Å². The van der Waals surface area contributed by atoms with Crippen LogP contribution in [0.1, 0.15) is 20.8 Å². The highest BCUT2D eigenvalue weighted by atomic mass is 35.6. The molecule has 1 aromatic carbocycles. The lowest BCUT2D eigenvalue weighted by Crippen LogP contribution is -2.72. The molecule has 1 heterocycles. The molecule has 1 aromatic rings. The predicted molar refractivity (Wildman–Crippen MR) is 116 cm³/mol. The lowest BCUT2D eigenvalue weighted by atomic mass is 10.0. The van der Waals surface area contributed by atoms with Crippen LogP contribution in [0.5, 0.6) is 5.75 Å². The smallest absolute Gasteiger partial charge is 0.355 e. The first kappa shape index (κ1) is 25.8. The Morgan fingerprint density at radius 2 is 1.72 bits per heavy atom. The van der Waals surface area contributed by atoms with Crippen LogP contribution in [-0.2, 0) is 28.7 Å². The Morgan fingerprint density at radius 3 is 2.25 bits per heavy atom. The monoisotopic (exact) mass is 506 g/mol. The zero-order valence-corrected chi connectivity index (χ0v) is 19.7. The van der Waals surface area contributed by atoms with Gasteiger partial charge in [0.1, 0.15) is 18.1 Å². The molecule has 32 heavy (non-hydrogen) atoms. The topological polar surface area (TPSA) is 111 Å². The number of halogens is 3. The first-order chi connectivity index (χ1) is 14.9. The minimum absolute atomic E-state index is 0.193. The van der Waals surface area contributed by atoms with Crippen molar-refractivity contribution in [3.8, 4) is 5.75 Å². The van der Waals surface area contributed by atoms with Crippen molar-refractivity contribution in [2.45, 2.75) is 36.8 Å². The van der Waals surface area contributed by atoms with E-state index in [1.807, 2.05) is 0 Å². The number of benzene rings is 1. The third-order valence-electron chi connectivity index (χ3n) is 4.03. The molecule has 2 amide bonds. The minimum Gasteiger partial charge on any atom is -0.484 e. The lowest BCUT2D eigenvalue weighted by molar-refractivity contribution is -0.188. The number of nitrogens with zero attached hydrogens (tertiary/aromatic N) is 1. The fraction of sp³-hybridized carbons (Fsp3) is 0.400. The number of likely N-dealkylation sites (tertiary alicyclic amines) is 1. The Balaban J connectivity index is 2.12. The van der Waals surface area contributed by atoms with Crippen LogP contribution in [0, 0.1) is 0 Å². The number of esters is 2. The number of rotatable bonds is 8. The minimum atomic E-state index is -1.86. The molecule has 1 saturated heterocycles. The Morgan fingerprint density at radius 1 is 1.09 bits per heavy atom. The van der Waals surface area contributed by atoms with Crippen molar-refractivity contribution in [3.05, 3.63) is 41.6 Å². The summed E-state index contributed by atoms with van der Waals surface area (Å²) >= 11 is 16.8. The van der Waals surface area contributed by atoms with Gasteiger partial charge in [0.2, 0.25) is 10.0 Å². The molecule has 0 radical (unpaired) electrons. The second-order valence-electron chi connectivity index (χ2n) is 6.90. The van der Waals surface area contributed by atoms with Gasteiger partial charge < -0.3 is 19.5 Å². The molecule has 1 fully saturated rings. The molecule has 2 unspecified atom stereocenters. The van der Waals surface area contributed by atoms with E-state index >= 15 is 0 Å². The summed E-state index contributed by atoms with van der Waals surface area (Å²) in [6.45, 7) is 3.28. The van der Waals surface area contributed by atoms with Crippen molar-refractivity contribution in [3.63, 3.8) is 0 Å². The first-order valence-electron chi connectivity index (χ1n) is 9.29. The van der Waals surface area contributed by atoms with Gasteiger partial charge in [0, 0.05) is 6.92 Å². The molecule has 12 heteroatoms. The summed E-state index contributed by atoms with van der Waals surface area (Å²) in [5.74, 6) is -2.54. The van der Waals surface area contributed by atoms with Gasteiger partial charge in [0.25, 0.3) is 11.8 Å². The van der Waals surface area contributed by atoms with Crippen molar-refractivity contribution < 1.29 is 33.4 Å². The molecular weight excluding hydrogens is 487 g/mol. The van der Waals surface area contributed by atoms with Crippen LogP contribution < -0.4 is 10.1 Å². The molecule has 0 aromatic heterocycles. The molecular formula is C20H21Cl3N2O7. The number of hydrogen-bond acceptors (Lipinski definition) is 7. The zero-order valence-electron chi connectivity index (χ0n) is 17.4. The summed E-state index contributed by atoms with van der Waals surface area (Å²) in [6, 6.07) is 7.36. The quantitative estimate of drug-likeness (QED) is 0.249. The fourth-order valence-corrected chi connectivity index (χ4v) is 2.93. The number of β-lactam (4-membered cyclic amide) rings is 1.